The molecule has 1 heterocycles. The van der Waals surface area contributed by atoms with Gasteiger partial charge in [0.2, 0.25) is 5.91 Å². The number of nitrogens with one attached hydrogen (secondary N) is 1. The predicted octanol–water partition coefficient (Wildman–Crippen LogP) is 3.39. The number of morpholine rings is 1. The maximum absolute atomic E-state index is 12.2. The van der Waals surface area contributed by atoms with Crippen LogP contribution in [0.3, 0.4) is 0 Å². The highest BCUT2D eigenvalue weighted by atomic mass is 16.5. The number of carbonyl (C=O) groups excluding carboxylic acids is 1. The Labute approximate surface area is 159 Å². The largest absolute Gasteiger partial charge is 0.374 e. The van der Waals surface area contributed by atoms with Gasteiger partial charge in [0.25, 0.3) is 0 Å². The van der Waals surface area contributed by atoms with Gasteiger partial charge >= 0.3 is 0 Å². The first-order chi connectivity index (χ1) is 12.2. The van der Waals surface area contributed by atoms with Gasteiger partial charge in [-0.3, -0.25) is 9.69 Å². The molecule has 0 bridgehead atoms. The SMILES string of the molecule is CC(C)CN1CCOC(CNC(=O)CCc2ccc(C(C)(C)C)cc2)C1. The molecule has 0 spiro atoms. The topological polar surface area (TPSA) is 41.6 Å². The lowest BCUT2D eigenvalue weighted by atomic mass is 9.86. The molecular formula is C22H36N2O2. The van der Waals surface area contributed by atoms with E-state index in [0.29, 0.717) is 18.9 Å². The van der Waals surface area contributed by atoms with E-state index >= 15 is 0 Å². The van der Waals surface area contributed by atoms with Crippen LogP contribution in [0.25, 0.3) is 0 Å². The first kappa shape index (κ1) is 20.9. The zero-order valence-electron chi connectivity index (χ0n) is 17.2. The predicted molar refractivity (Wildman–Crippen MR) is 107 cm³/mol. The van der Waals surface area contributed by atoms with Gasteiger partial charge in [0.05, 0.1) is 12.7 Å². The van der Waals surface area contributed by atoms with E-state index < -0.39 is 0 Å². The molecule has 4 nitrogen and oxygen atoms in total. The van der Waals surface area contributed by atoms with Crippen LogP contribution in [0.2, 0.25) is 0 Å². The van der Waals surface area contributed by atoms with E-state index in [2.05, 4.69) is 69.1 Å². The molecule has 0 aromatic heterocycles. The molecule has 1 N–H and O–H groups in total. The molecule has 1 saturated heterocycles. The van der Waals surface area contributed by atoms with Gasteiger partial charge in [-0.15, -0.1) is 0 Å². The molecule has 2 rings (SSSR count). The summed E-state index contributed by atoms with van der Waals surface area (Å²) in [4.78, 5) is 14.6. The third-order valence-electron chi connectivity index (χ3n) is 4.83. The van der Waals surface area contributed by atoms with E-state index in [-0.39, 0.29) is 17.4 Å². The second-order valence-electron chi connectivity index (χ2n) is 8.90. The fourth-order valence-electron chi connectivity index (χ4n) is 3.33. The molecule has 0 saturated carbocycles. The Morgan fingerprint density at radius 2 is 1.96 bits per heavy atom. The van der Waals surface area contributed by atoms with Gasteiger partial charge < -0.3 is 10.1 Å². The number of aryl methyl sites for hydroxylation is 1. The van der Waals surface area contributed by atoms with Crippen molar-refractivity contribution in [2.24, 2.45) is 5.92 Å². The van der Waals surface area contributed by atoms with Crippen molar-refractivity contribution in [3.63, 3.8) is 0 Å². The Balaban J connectivity index is 1.70. The third kappa shape index (κ3) is 7.08. The summed E-state index contributed by atoms with van der Waals surface area (Å²) in [7, 11) is 0. The van der Waals surface area contributed by atoms with Crippen molar-refractivity contribution in [1.82, 2.24) is 10.2 Å². The van der Waals surface area contributed by atoms with Gasteiger partial charge in [-0.25, -0.2) is 0 Å². The lowest BCUT2D eigenvalue weighted by Gasteiger charge is -2.33. The third-order valence-corrected chi connectivity index (χ3v) is 4.83. The normalized spacial score (nSPS) is 18.9. The summed E-state index contributed by atoms with van der Waals surface area (Å²) in [6, 6.07) is 8.63. The van der Waals surface area contributed by atoms with Crippen LogP contribution in [0.4, 0.5) is 0 Å². The van der Waals surface area contributed by atoms with E-state index in [9.17, 15) is 4.79 Å². The molecular weight excluding hydrogens is 324 g/mol. The van der Waals surface area contributed by atoms with Gasteiger partial charge in [-0.2, -0.15) is 0 Å². The highest BCUT2D eigenvalue weighted by molar-refractivity contribution is 5.76. The van der Waals surface area contributed by atoms with E-state index in [1.165, 1.54) is 11.1 Å². The average Bonchev–Trinajstić information content (AvgIpc) is 2.57. The lowest BCUT2D eigenvalue weighted by Crippen LogP contribution is -2.48. The van der Waals surface area contributed by atoms with Gasteiger partial charge in [0.15, 0.2) is 0 Å². The zero-order valence-corrected chi connectivity index (χ0v) is 17.2. The minimum Gasteiger partial charge on any atom is -0.374 e. The molecule has 1 aromatic rings. The van der Waals surface area contributed by atoms with Crippen molar-refractivity contribution in [3.8, 4) is 0 Å². The molecule has 1 aliphatic heterocycles. The fraction of sp³-hybridized carbons (Fsp3) is 0.682. The maximum Gasteiger partial charge on any atom is 0.220 e. The van der Waals surface area contributed by atoms with Crippen molar-refractivity contribution < 1.29 is 9.53 Å². The second-order valence-corrected chi connectivity index (χ2v) is 8.90. The van der Waals surface area contributed by atoms with E-state index in [0.717, 1.165) is 32.7 Å². The van der Waals surface area contributed by atoms with Crippen molar-refractivity contribution in [2.75, 3.05) is 32.8 Å². The van der Waals surface area contributed by atoms with Crippen LogP contribution in [-0.4, -0.2) is 49.7 Å². The summed E-state index contributed by atoms with van der Waals surface area (Å²) in [5, 5.41) is 3.04. The summed E-state index contributed by atoms with van der Waals surface area (Å²) >= 11 is 0. The molecule has 26 heavy (non-hydrogen) atoms. The van der Waals surface area contributed by atoms with Crippen molar-refractivity contribution in [2.45, 2.75) is 59.0 Å². The number of hydrogen-bond acceptors (Lipinski definition) is 3. The van der Waals surface area contributed by atoms with Crippen molar-refractivity contribution >= 4 is 5.91 Å². The van der Waals surface area contributed by atoms with Gasteiger partial charge in [0.1, 0.15) is 0 Å². The standard InChI is InChI=1S/C22H36N2O2/c1-17(2)15-24-12-13-26-20(16-24)14-23-21(25)11-8-18-6-9-19(10-7-18)22(3,4)5/h6-7,9-10,17,20H,8,11-16H2,1-5H3,(H,23,25). The molecule has 1 atom stereocenters. The Morgan fingerprint density at radius 1 is 1.27 bits per heavy atom. The minimum atomic E-state index is 0.106. The monoisotopic (exact) mass is 360 g/mol. The minimum absolute atomic E-state index is 0.106. The number of carbonyl (C=O) groups is 1. The van der Waals surface area contributed by atoms with Crippen LogP contribution in [-0.2, 0) is 21.4 Å². The number of nitrogens with zero attached hydrogens (tertiary/aromatic N) is 1. The highest BCUT2D eigenvalue weighted by Crippen LogP contribution is 2.22. The molecule has 0 radical (unpaired) electrons. The molecule has 1 unspecified atom stereocenters. The highest BCUT2D eigenvalue weighted by Gasteiger charge is 2.21. The van der Waals surface area contributed by atoms with E-state index in [1.54, 1.807) is 0 Å². The Bertz CT molecular complexity index is 561. The number of hydrogen-bond donors (Lipinski definition) is 1. The van der Waals surface area contributed by atoms with Crippen LogP contribution in [0, 0.1) is 5.92 Å². The first-order valence-electron chi connectivity index (χ1n) is 9.94. The Kier molecular flexibility index (Phi) is 7.66. The van der Waals surface area contributed by atoms with Crippen LogP contribution in [0.15, 0.2) is 24.3 Å². The number of ether oxygens (including phenoxy) is 1. The van der Waals surface area contributed by atoms with Crippen LogP contribution in [0.1, 0.15) is 52.2 Å². The summed E-state index contributed by atoms with van der Waals surface area (Å²) in [5.74, 6) is 0.766. The van der Waals surface area contributed by atoms with Gasteiger partial charge in [-0.05, 0) is 28.9 Å². The Morgan fingerprint density at radius 3 is 2.58 bits per heavy atom. The van der Waals surface area contributed by atoms with Crippen LogP contribution >= 0.6 is 0 Å². The zero-order chi connectivity index (χ0) is 19.2. The van der Waals surface area contributed by atoms with E-state index in [1.807, 2.05) is 0 Å². The smallest absolute Gasteiger partial charge is 0.220 e. The number of benzene rings is 1. The quantitative estimate of drug-likeness (QED) is 0.810. The van der Waals surface area contributed by atoms with Crippen molar-refractivity contribution in [1.29, 1.82) is 0 Å². The Hall–Kier alpha value is -1.39. The summed E-state index contributed by atoms with van der Waals surface area (Å²) in [6.45, 7) is 15.5. The molecule has 146 valence electrons. The second kappa shape index (κ2) is 9.52. The van der Waals surface area contributed by atoms with Crippen molar-refractivity contribution in [3.05, 3.63) is 35.4 Å². The lowest BCUT2D eigenvalue weighted by molar-refractivity contribution is -0.122. The maximum atomic E-state index is 12.2. The molecule has 4 heteroatoms. The molecule has 1 amide bonds. The molecule has 0 aliphatic carbocycles. The van der Waals surface area contributed by atoms with E-state index in [4.69, 9.17) is 4.74 Å². The van der Waals surface area contributed by atoms with Crippen LogP contribution in [0.5, 0.6) is 0 Å². The summed E-state index contributed by atoms with van der Waals surface area (Å²) in [6.07, 6.45) is 1.41. The van der Waals surface area contributed by atoms with Gasteiger partial charge in [-0.1, -0.05) is 58.9 Å². The number of amides is 1. The van der Waals surface area contributed by atoms with Crippen LogP contribution < -0.4 is 5.32 Å². The summed E-state index contributed by atoms with van der Waals surface area (Å²) in [5.41, 5.74) is 2.70. The average molecular weight is 361 g/mol. The fourth-order valence-corrected chi connectivity index (χ4v) is 3.33. The molecule has 1 fully saturated rings. The molecule has 1 aliphatic rings. The first-order valence-corrected chi connectivity index (χ1v) is 9.94. The summed E-state index contributed by atoms with van der Waals surface area (Å²) < 4.78 is 5.79. The number of rotatable bonds is 7. The van der Waals surface area contributed by atoms with Gasteiger partial charge in [0, 0.05) is 32.6 Å². The molecule has 1 aromatic carbocycles.